The Labute approximate surface area is 157 Å². The van der Waals surface area contributed by atoms with Crippen molar-refractivity contribution in [3.63, 3.8) is 0 Å². The molecule has 2 rings (SSSR count). The first-order chi connectivity index (χ1) is 10.4. The number of aryl methyl sites for hydroxylation is 2. The lowest BCUT2D eigenvalue weighted by molar-refractivity contribution is 0.245. The third-order valence-electron chi connectivity index (χ3n) is 3.91. The van der Waals surface area contributed by atoms with Crippen molar-refractivity contribution in [3.05, 3.63) is 23.3 Å². The molecule has 1 saturated heterocycles. The van der Waals surface area contributed by atoms with Gasteiger partial charge >= 0.3 is 0 Å². The second-order valence-electron chi connectivity index (χ2n) is 5.58. The van der Waals surface area contributed by atoms with Crippen LogP contribution in [-0.4, -0.2) is 59.7 Å². The third-order valence-corrected chi connectivity index (χ3v) is 5.51. The molecular formula is C15H27Cl2N3O3S. The first kappa shape index (κ1) is 23.4. The lowest BCUT2D eigenvalue weighted by Crippen LogP contribution is -2.46. The molecule has 1 heterocycles. The minimum absolute atomic E-state index is 0. The van der Waals surface area contributed by atoms with Crippen LogP contribution in [-0.2, 0) is 10.0 Å². The molecule has 0 atom stereocenters. The van der Waals surface area contributed by atoms with E-state index in [9.17, 15) is 8.42 Å². The quantitative estimate of drug-likeness (QED) is 0.754. The highest BCUT2D eigenvalue weighted by atomic mass is 35.5. The summed E-state index contributed by atoms with van der Waals surface area (Å²) in [5.41, 5.74) is 1.51. The summed E-state index contributed by atoms with van der Waals surface area (Å²) >= 11 is 0. The van der Waals surface area contributed by atoms with Crippen molar-refractivity contribution < 1.29 is 13.2 Å². The first-order valence-electron chi connectivity index (χ1n) is 7.52. The number of halogens is 2. The highest BCUT2D eigenvalue weighted by Gasteiger charge is 2.19. The van der Waals surface area contributed by atoms with Crippen LogP contribution >= 0.6 is 24.8 Å². The Morgan fingerprint density at radius 2 is 1.79 bits per heavy atom. The standard InChI is InChI=1S/C15H25N3O3S.2ClH/c1-12-11-15(13(2)10-14(12)21-3)22(19,20)17-6-9-18-7-4-16-5-8-18;;/h10-11,16-17H,4-9H2,1-3H3;2*1H. The zero-order chi connectivity index (χ0) is 16.2. The molecule has 6 nitrogen and oxygen atoms in total. The molecule has 1 fully saturated rings. The average molecular weight is 400 g/mol. The van der Waals surface area contributed by atoms with Crippen LogP contribution in [0.3, 0.4) is 0 Å². The number of ether oxygens (including phenoxy) is 1. The minimum Gasteiger partial charge on any atom is -0.496 e. The molecule has 2 N–H and O–H groups in total. The molecule has 0 radical (unpaired) electrons. The number of methoxy groups -OCH3 is 1. The Hall–Kier alpha value is -0.570. The van der Waals surface area contributed by atoms with Crippen LogP contribution < -0.4 is 14.8 Å². The van der Waals surface area contributed by atoms with Gasteiger partial charge in [0.05, 0.1) is 12.0 Å². The summed E-state index contributed by atoms with van der Waals surface area (Å²) < 4.78 is 32.9. The molecule has 0 aromatic heterocycles. The molecule has 0 saturated carbocycles. The normalized spacial score (nSPS) is 15.3. The number of piperazine rings is 1. The number of nitrogens with one attached hydrogen (secondary N) is 2. The van der Waals surface area contributed by atoms with Crippen molar-refractivity contribution >= 4 is 34.8 Å². The van der Waals surface area contributed by atoms with E-state index in [1.807, 2.05) is 6.92 Å². The highest BCUT2D eigenvalue weighted by molar-refractivity contribution is 7.89. The maximum atomic E-state index is 12.5. The van der Waals surface area contributed by atoms with Crippen LogP contribution in [0.1, 0.15) is 11.1 Å². The molecule has 24 heavy (non-hydrogen) atoms. The van der Waals surface area contributed by atoms with Crippen LogP contribution in [0.2, 0.25) is 0 Å². The second kappa shape index (κ2) is 10.4. The molecule has 140 valence electrons. The van der Waals surface area contributed by atoms with Crippen molar-refractivity contribution in [3.8, 4) is 5.75 Å². The van der Waals surface area contributed by atoms with Crippen molar-refractivity contribution in [1.29, 1.82) is 0 Å². The third kappa shape index (κ3) is 6.06. The molecule has 0 unspecified atom stereocenters. The van der Waals surface area contributed by atoms with Crippen molar-refractivity contribution in [2.45, 2.75) is 18.7 Å². The van der Waals surface area contributed by atoms with Crippen LogP contribution in [0.25, 0.3) is 0 Å². The Balaban J connectivity index is 0.00000264. The van der Waals surface area contributed by atoms with Crippen molar-refractivity contribution in [2.24, 2.45) is 0 Å². The van der Waals surface area contributed by atoms with Gasteiger partial charge in [-0.15, -0.1) is 24.8 Å². The monoisotopic (exact) mass is 399 g/mol. The number of sulfonamides is 1. The van der Waals surface area contributed by atoms with E-state index in [4.69, 9.17) is 4.74 Å². The summed E-state index contributed by atoms with van der Waals surface area (Å²) in [7, 11) is -1.90. The highest BCUT2D eigenvalue weighted by Crippen LogP contribution is 2.25. The van der Waals surface area contributed by atoms with E-state index in [0.29, 0.717) is 22.8 Å². The van der Waals surface area contributed by atoms with Gasteiger partial charge < -0.3 is 10.1 Å². The first-order valence-corrected chi connectivity index (χ1v) is 9.00. The summed E-state index contributed by atoms with van der Waals surface area (Å²) in [6.45, 7) is 8.63. The molecule has 0 bridgehead atoms. The van der Waals surface area contributed by atoms with E-state index in [1.54, 1.807) is 26.2 Å². The van der Waals surface area contributed by atoms with E-state index in [1.165, 1.54) is 0 Å². The van der Waals surface area contributed by atoms with Gasteiger partial charge in [0.25, 0.3) is 0 Å². The van der Waals surface area contributed by atoms with Gasteiger partial charge in [-0.1, -0.05) is 0 Å². The number of benzene rings is 1. The molecule has 0 spiro atoms. The van der Waals surface area contributed by atoms with Crippen LogP contribution in [0, 0.1) is 13.8 Å². The Morgan fingerprint density at radius 3 is 2.38 bits per heavy atom. The van der Waals surface area contributed by atoms with Crippen LogP contribution in [0.4, 0.5) is 0 Å². The lowest BCUT2D eigenvalue weighted by Gasteiger charge is -2.27. The number of hydrogen-bond acceptors (Lipinski definition) is 5. The van der Waals surface area contributed by atoms with Crippen molar-refractivity contribution in [2.75, 3.05) is 46.4 Å². The van der Waals surface area contributed by atoms with Gasteiger partial charge in [0.15, 0.2) is 0 Å². The van der Waals surface area contributed by atoms with Crippen LogP contribution in [0.5, 0.6) is 5.75 Å². The van der Waals surface area contributed by atoms with Gasteiger partial charge in [-0.05, 0) is 37.1 Å². The maximum Gasteiger partial charge on any atom is 0.240 e. The summed E-state index contributed by atoms with van der Waals surface area (Å²) in [6.07, 6.45) is 0. The minimum atomic E-state index is -3.49. The topological polar surface area (TPSA) is 70.7 Å². The predicted molar refractivity (Wildman–Crippen MR) is 101 cm³/mol. The number of rotatable bonds is 6. The predicted octanol–water partition coefficient (Wildman–Crippen LogP) is 1.34. The largest absolute Gasteiger partial charge is 0.496 e. The molecule has 0 aliphatic carbocycles. The molecule has 1 aromatic carbocycles. The van der Waals surface area contributed by atoms with E-state index in [0.717, 1.165) is 38.3 Å². The lowest BCUT2D eigenvalue weighted by atomic mass is 10.1. The fraction of sp³-hybridized carbons (Fsp3) is 0.600. The van der Waals surface area contributed by atoms with Gasteiger partial charge in [0.1, 0.15) is 5.75 Å². The molecule has 1 aromatic rings. The van der Waals surface area contributed by atoms with Gasteiger partial charge in [-0.2, -0.15) is 0 Å². The molecule has 1 aliphatic heterocycles. The van der Waals surface area contributed by atoms with Crippen molar-refractivity contribution in [1.82, 2.24) is 14.9 Å². The average Bonchev–Trinajstić information content (AvgIpc) is 2.50. The Morgan fingerprint density at radius 1 is 1.17 bits per heavy atom. The zero-order valence-corrected chi connectivity index (χ0v) is 16.7. The smallest absolute Gasteiger partial charge is 0.240 e. The summed E-state index contributed by atoms with van der Waals surface area (Å²) in [5, 5.41) is 3.28. The maximum absolute atomic E-state index is 12.5. The molecule has 1 aliphatic rings. The molecule has 9 heteroatoms. The SMILES string of the molecule is COc1cc(C)c(S(=O)(=O)NCCN2CCNCC2)cc1C.Cl.Cl. The van der Waals surface area contributed by atoms with Gasteiger partial charge in [-0.25, -0.2) is 13.1 Å². The zero-order valence-electron chi connectivity index (χ0n) is 14.3. The number of hydrogen-bond donors (Lipinski definition) is 2. The molecular weight excluding hydrogens is 373 g/mol. The second-order valence-corrected chi connectivity index (χ2v) is 7.31. The number of nitrogens with zero attached hydrogens (tertiary/aromatic N) is 1. The van der Waals surface area contributed by atoms with Gasteiger partial charge in [0.2, 0.25) is 10.0 Å². The summed E-state index contributed by atoms with van der Waals surface area (Å²) in [5.74, 6) is 0.706. The summed E-state index contributed by atoms with van der Waals surface area (Å²) in [6, 6.07) is 3.43. The van der Waals surface area contributed by atoms with Crippen LogP contribution in [0.15, 0.2) is 17.0 Å². The fourth-order valence-corrected chi connectivity index (χ4v) is 3.95. The molecule has 0 amide bonds. The van der Waals surface area contributed by atoms with Gasteiger partial charge in [0, 0.05) is 39.3 Å². The Kier molecular flexibility index (Phi) is 10.2. The van der Waals surface area contributed by atoms with E-state index < -0.39 is 10.0 Å². The van der Waals surface area contributed by atoms with E-state index in [2.05, 4.69) is 14.9 Å². The van der Waals surface area contributed by atoms with E-state index >= 15 is 0 Å². The Bertz CT molecular complexity index is 621. The van der Waals surface area contributed by atoms with E-state index in [-0.39, 0.29) is 24.8 Å². The van der Waals surface area contributed by atoms with Gasteiger partial charge in [-0.3, -0.25) is 4.90 Å². The summed E-state index contributed by atoms with van der Waals surface area (Å²) in [4.78, 5) is 2.58. The fourth-order valence-electron chi connectivity index (χ4n) is 2.62.